The molecule has 0 bridgehead atoms. The van der Waals surface area contributed by atoms with Gasteiger partial charge in [0.05, 0.1) is 0 Å². The van der Waals surface area contributed by atoms with Crippen LogP contribution in [-0.4, -0.2) is 20.6 Å². The van der Waals surface area contributed by atoms with Gasteiger partial charge in [-0.25, -0.2) is 0 Å². The molecular formula is C8H8HgN4. The Bertz CT molecular complexity index is 332. The van der Waals surface area contributed by atoms with Crippen LogP contribution in [0.4, 0.5) is 0 Å². The molecular weight excluding hydrogens is 353 g/mol. The summed E-state index contributed by atoms with van der Waals surface area (Å²) in [4.78, 5) is 0. The minimum Gasteiger partial charge on any atom is -0.177 e. The quantitative estimate of drug-likeness (QED) is 0.806. The maximum atomic E-state index is 3.86. The van der Waals surface area contributed by atoms with Crippen molar-refractivity contribution in [3.05, 3.63) is 41.7 Å². The topological polar surface area (TPSA) is 54.5 Å². The summed E-state index contributed by atoms with van der Waals surface area (Å²) in [5.41, 5.74) is 1.19. The SMILES string of the molecule is [Hg].c1ccc(Cc2nn[nH]n2)cc1. The number of nitrogens with one attached hydrogen (secondary N) is 1. The van der Waals surface area contributed by atoms with E-state index < -0.39 is 0 Å². The molecule has 0 aliphatic heterocycles. The minimum atomic E-state index is 0. The number of nitrogens with zero attached hydrogens (tertiary/aromatic N) is 3. The maximum Gasteiger partial charge on any atom is 0.178 e. The van der Waals surface area contributed by atoms with Gasteiger partial charge in [0.1, 0.15) is 0 Å². The third-order valence-corrected chi connectivity index (χ3v) is 1.59. The first-order valence-corrected chi connectivity index (χ1v) is 3.71. The fourth-order valence-electron chi connectivity index (χ4n) is 1.04. The number of hydrogen-bond donors (Lipinski definition) is 1. The van der Waals surface area contributed by atoms with Crippen LogP contribution in [0.15, 0.2) is 30.3 Å². The fourth-order valence-corrected chi connectivity index (χ4v) is 1.04. The van der Waals surface area contributed by atoms with Crippen LogP contribution in [0.1, 0.15) is 11.4 Å². The van der Waals surface area contributed by atoms with Gasteiger partial charge in [-0.2, -0.15) is 5.21 Å². The second-order valence-electron chi connectivity index (χ2n) is 2.49. The van der Waals surface area contributed by atoms with Crippen LogP contribution < -0.4 is 0 Å². The van der Waals surface area contributed by atoms with Crippen molar-refractivity contribution in [2.75, 3.05) is 0 Å². The van der Waals surface area contributed by atoms with E-state index in [2.05, 4.69) is 20.6 Å². The number of aromatic nitrogens is 4. The predicted molar refractivity (Wildman–Crippen MR) is 43.4 cm³/mol. The predicted octanol–water partition coefficient (Wildman–Crippen LogP) is 0.788. The number of benzene rings is 1. The summed E-state index contributed by atoms with van der Waals surface area (Å²) in [6.45, 7) is 0. The van der Waals surface area contributed by atoms with Crippen molar-refractivity contribution >= 4 is 0 Å². The van der Waals surface area contributed by atoms with E-state index in [0.717, 1.165) is 12.2 Å². The Morgan fingerprint density at radius 2 is 1.92 bits per heavy atom. The van der Waals surface area contributed by atoms with Gasteiger partial charge < -0.3 is 0 Å². The molecule has 1 heterocycles. The van der Waals surface area contributed by atoms with Gasteiger partial charge >= 0.3 is 0 Å². The largest absolute Gasteiger partial charge is 0.178 e. The molecule has 0 atom stereocenters. The van der Waals surface area contributed by atoms with E-state index in [1.54, 1.807) is 0 Å². The summed E-state index contributed by atoms with van der Waals surface area (Å²) in [5.74, 6) is 0.723. The molecule has 0 saturated heterocycles. The van der Waals surface area contributed by atoms with Crippen LogP contribution in [0.5, 0.6) is 0 Å². The van der Waals surface area contributed by atoms with Crippen molar-refractivity contribution in [2.45, 2.75) is 6.42 Å². The summed E-state index contributed by atoms with van der Waals surface area (Å²) < 4.78 is 0. The van der Waals surface area contributed by atoms with Crippen LogP contribution >= 0.6 is 0 Å². The number of tetrazole rings is 1. The molecule has 2 rings (SSSR count). The molecule has 0 radical (unpaired) electrons. The van der Waals surface area contributed by atoms with E-state index in [1.807, 2.05) is 30.3 Å². The minimum absolute atomic E-state index is 0. The first kappa shape index (κ1) is 10.3. The summed E-state index contributed by atoms with van der Waals surface area (Å²) in [5, 5.41) is 13.6. The Hall–Kier alpha value is -0.775. The Labute approximate surface area is 96.3 Å². The van der Waals surface area contributed by atoms with Gasteiger partial charge in [-0.15, -0.1) is 10.2 Å². The second-order valence-corrected chi connectivity index (χ2v) is 2.49. The van der Waals surface area contributed by atoms with Crippen molar-refractivity contribution in [2.24, 2.45) is 0 Å². The summed E-state index contributed by atoms with van der Waals surface area (Å²) in [6, 6.07) is 10.1. The molecule has 0 fully saturated rings. The molecule has 62 valence electrons. The standard InChI is InChI=1S/C8H8N4.Hg/c1-2-4-7(5-3-1)6-8-9-11-12-10-8;/h1-5H,6H2,(H,9,10,11,12);. The molecule has 1 N–H and O–H groups in total. The van der Waals surface area contributed by atoms with E-state index >= 15 is 0 Å². The van der Waals surface area contributed by atoms with Crippen molar-refractivity contribution in [3.8, 4) is 0 Å². The molecule has 13 heavy (non-hydrogen) atoms. The number of aromatic amines is 1. The van der Waals surface area contributed by atoms with Crippen LogP contribution in [0.2, 0.25) is 0 Å². The normalized spacial score (nSPS) is 9.23. The first-order chi connectivity index (χ1) is 5.95. The Morgan fingerprint density at radius 3 is 2.54 bits per heavy atom. The van der Waals surface area contributed by atoms with Crippen molar-refractivity contribution in [1.29, 1.82) is 0 Å². The molecule has 0 spiro atoms. The number of H-pyrrole nitrogens is 1. The van der Waals surface area contributed by atoms with Crippen LogP contribution in [0.3, 0.4) is 0 Å². The maximum absolute atomic E-state index is 3.86. The van der Waals surface area contributed by atoms with Crippen LogP contribution in [0, 0.1) is 0 Å². The fraction of sp³-hybridized carbons (Fsp3) is 0.125. The van der Waals surface area contributed by atoms with Crippen molar-refractivity contribution < 1.29 is 27.7 Å². The number of rotatable bonds is 2. The van der Waals surface area contributed by atoms with E-state index in [-0.39, 0.29) is 27.7 Å². The van der Waals surface area contributed by atoms with Crippen molar-refractivity contribution in [3.63, 3.8) is 0 Å². The second kappa shape index (κ2) is 5.06. The summed E-state index contributed by atoms with van der Waals surface area (Å²) in [7, 11) is 0. The average molecular weight is 361 g/mol. The van der Waals surface area contributed by atoms with Gasteiger partial charge in [0, 0.05) is 34.1 Å². The summed E-state index contributed by atoms with van der Waals surface area (Å²) in [6.07, 6.45) is 0.733. The number of hydrogen-bond acceptors (Lipinski definition) is 3. The zero-order chi connectivity index (χ0) is 8.23. The molecule has 0 aliphatic carbocycles. The molecule has 1 aromatic heterocycles. The third-order valence-electron chi connectivity index (χ3n) is 1.59. The first-order valence-electron chi connectivity index (χ1n) is 3.71. The van der Waals surface area contributed by atoms with E-state index in [1.165, 1.54) is 5.56 Å². The molecule has 1 aromatic carbocycles. The van der Waals surface area contributed by atoms with Gasteiger partial charge in [-0.1, -0.05) is 35.5 Å². The molecule has 5 heteroatoms. The molecule has 0 amide bonds. The monoisotopic (exact) mass is 362 g/mol. The van der Waals surface area contributed by atoms with Gasteiger partial charge in [0.25, 0.3) is 0 Å². The summed E-state index contributed by atoms with van der Waals surface area (Å²) >= 11 is 0. The van der Waals surface area contributed by atoms with E-state index in [4.69, 9.17) is 0 Å². The van der Waals surface area contributed by atoms with Crippen molar-refractivity contribution in [1.82, 2.24) is 20.6 Å². The van der Waals surface area contributed by atoms with Gasteiger partial charge in [0.2, 0.25) is 0 Å². The third kappa shape index (κ3) is 2.88. The molecule has 0 aliphatic rings. The Balaban J connectivity index is 0.000000845. The smallest absolute Gasteiger partial charge is 0.177 e. The molecule has 4 nitrogen and oxygen atoms in total. The zero-order valence-corrected chi connectivity index (χ0v) is 12.6. The van der Waals surface area contributed by atoms with E-state index in [9.17, 15) is 0 Å². The van der Waals surface area contributed by atoms with E-state index in [0.29, 0.717) is 0 Å². The Morgan fingerprint density at radius 1 is 1.15 bits per heavy atom. The molecule has 0 saturated carbocycles. The van der Waals surface area contributed by atoms with Gasteiger partial charge in [-0.3, -0.25) is 0 Å². The van der Waals surface area contributed by atoms with Gasteiger partial charge in [0.15, 0.2) is 5.82 Å². The van der Waals surface area contributed by atoms with Crippen LogP contribution in [-0.2, 0) is 34.1 Å². The van der Waals surface area contributed by atoms with Gasteiger partial charge in [-0.05, 0) is 5.56 Å². The zero-order valence-electron chi connectivity index (χ0n) is 7.14. The molecule has 0 unspecified atom stereocenters. The Kier molecular flexibility index (Phi) is 4.01. The average Bonchev–Trinajstić information content (AvgIpc) is 2.59. The molecule has 2 aromatic rings. The van der Waals surface area contributed by atoms with Crippen LogP contribution in [0.25, 0.3) is 0 Å².